The Morgan fingerprint density at radius 1 is 0.595 bits per heavy atom. The summed E-state index contributed by atoms with van der Waals surface area (Å²) in [6, 6.07) is 45.5. The molecule has 8 aromatic rings. The Bertz CT molecular complexity index is 2250. The lowest BCUT2D eigenvalue weighted by Gasteiger charge is -2.31. The Kier molecular flexibility index (Phi) is 4.99. The lowest BCUT2D eigenvalue weighted by molar-refractivity contribution is 0.655. The first-order valence-electron chi connectivity index (χ1n) is 15.2. The highest BCUT2D eigenvalue weighted by Crippen LogP contribution is 2.50. The second-order valence-electron chi connectivity index (χ2n) is 12.0. The summed E-state index contributed by atoms with van der Waals surface area (Å²) in [5.74, 6) is 0.503. The molecule has 0 fully saturated rings. The quantitative estimate of drug-likeness (QED) is 0.211. The average molecular weight is 538 g/mol. The van der Waals surface area contributed by atoms with Crippen LogP contribution in [0.3, 0.4) is 0 Å². The van der Waals surface area contributed by atoms with E-state index in [1.807, 2.05) is 0 Å². The SMILES string of the molecule is CCC1Cc2cccc(-c3cc4c5ccccc5n5c6ccccc6c(c3)c45)c2-c2cccc(-c3ccccc3C)c21. The van der Waals surface area contributed by atoms with Crippen LogP contribution in [-0.2, 0) is 6.42 Å². The molecule has 0 bridgehead atoms. The van der Waals surface area contributed by atoms with Crippen LogP contribution in [0, 0.1) is 6.92 Å². The predicted octanol–water partition coefficient (Wildman–Crippen LogP) is 11.2. The molecule has 2 aromatic heterocycles. The molecule has 1 atom stereocenters. The minimum absolute atomic E-state index is 0.503. The van der Waals surface area contributed by atoms with Crippen molar-refractivity contribution >= 4 is 38.1 Å². The second-order valence-corrected chi connectivity index (χ2v) is 12.0. The third-order valence-corrected chi connectivity index (χ3v) is 9.84. The van der Waals surface area contributed by atoms with Crippen LogP contribution in [0.2, 0.25) is 0 Å². The molecule has 1 aliphatic rings. The first-order valence-corrected chi connectivity index (χ1v) is 15.2. The molecule has 0 amide bonds. The van der Waals surface area contributed by atoms with E-state index in [1.54, 1.807) is 0 Å². The van der Waals surface area contributed by atoms with Crippen LogP contribution in [0.15, 0.2) is 121 Å². The fraction of sp³-hybridized carbons (Fsp3) is 0.122. The van der Waals surface area contributed by atoms with Crippen molar-refractivity contribution in [2.75, 3.05) is 0 Å². The Morgan fingerprint density at radius 2 is 1.19 bits per heavy atom. The fourth-order valence-electron chi connectivity index (χ4n) is 7.98. The van der Waals surface area contributed by atoms with E-state index in [-0.39, 0.29) is 0 Å². The molecule has 200 valence electrons. The van der Waals surface area contributed by atoms with Gasteiger partial charge in [-0.3, -0.25) is 0 Å². The van der Waals surface area contributed by atoms with Gasteiger partial charge in [0.15, 0.2) is 0 Å². The van der Waals surface area contributed by atoms with Crippen LogP contribution < -0.4 is 0 Å². The monoisotopic (exact) mass is 537 g/mol. The van der Waals surface area contributed by atoms with Crippen LogP contribution in [0.4, 0.5) is 0 Å². The summed E-state index contributed by atoms with van der Waals surface area (Å²) >= 11 is 0. The van der Waals surface area contributed by atoms with Crippen LogP contribution in [0.25, 0.3) is 71.5 Å². The molecule has 0 saturated heterocycles. The number of aryl methyl sites for hydroxylation is 1. The molecule has 1 heteroatoms. The maximum Gasteiger partial charge on any atom is 0.0620 e. The lowest BCUT2D eigenvalue weighted by atomic mass is 9.72. The van der Waals surface area contributed by atoms with Gasteiger partial charge in [-0.25, -0.2) is 0 Å². The molecular weight excluding hydrogens is 506 g/mol. The van der Waals surface area contributed by atoms with Gasteiger partial charge in [0.05, 0.1) is 16.6 Å². The average Bonchev–Trinajstić information content (AvgIpc) is 3.56. The van der Waals surface area contributed by atoms with Gasteiger partial charge in [0.1, 0.15) is 0 Å². The Morgan fingerprint density at radius 3 is 1.90 bits per heavy atom. The summed E-state index contributed by atoms with van der Waals surface area (Å²) in [6.45, 7) is 4.59. The van der Waals surface area contributed by atoms with Gasteiger partial charge in [-0.15, -0.1) is 0 Å². The van der Waals surface area contributed by atoms with Gasteiger partial charge in [-0.2, -0.15) is 0 Å². The topological polar surface area (TPSA) is 4.41 Å². The summed E-state index contributed by atoms with van der Waals surface area (Å²) in [7, 11) is 0. The van der Waals surface area contributed by atoms with E-state index in [0.717, 1.165) is 12.8 Å². The van der Waals surface area contributed by atoms with E-state index in [9.17, 15) is 0 Å². The van der Waals surface area contributed by atoms with Crippen molar-refractivity contribution in [2.45, 2.75) is 32.6 Å². The molecule has 0 N–H and O–H groups in total. The van der Waals surface area contributed by atoms with Crippen molar-refractivity contribution in [3.05, 3.63) is 138 Å². The lowest BCUT2D eigenvalue weighted by Crippen LogP contribution is -2.13. The van der Waals surface area contributed by atoms with Crippen LogP contribution in [-0.4, -0.2) is 4.40 Å². The highest BCUT2D eigenvalue weighted by atomic mass is 14.9. The van der Waals surface area contributed by atoms with Crippen LogP contribution >= 0.6 is 0 Å². The third-order valence-electron chi connectivity index (χ3n) is 9.84. The first kappa shape index (κ1) is 23.8. The summed E-state index contributed by atoms with van der Waals surface area (Å²) in [5.41, 5.74) is 16.4. The van der Waals surface area contributed by atoms with Crippen molar-refractivity contribution in [3.63, 3.8) is 0 Å². The molecular formula is C41H31N. The molecule has 2 heterocycles. The van der Waals surface area contributed by atoms with Gasteiger partial charge in [-0.1, -0.05) is 104 Å². The number of fused-ring (bicyclic) bond motifs is 9. The summed E-state index contributed by atoms with van der Waals surface area (Å²) in [5, 5.41) is 5.32. The van der Waals surface area contributed by atoms with E-state index >= 15 is 0 Å². The van der Waals surface area contributed by atoms with E-state index in [0.29, 0.717) is 5.92 Å². The normalized spacial score (nSPS) is 14.7. The second kappa shape index (κ2) is 8.81. The number of benzene rings is 6. The van der Waals surface area contributed by atoms with Crippen LogP contribution in [0.5, 0.6) is 0 Å². The number of hydrogen-bond donors (Lipinski definition) is 0. The van der Waals surface area contributed by atoms with E-state index in [1.165, 1.54) is 88.2 Å². The van der Waals surface area contributed by atoms with Gasteiger partial charge in [0.25, 0.3) is 0 Å². The highest BCUT2D eigenvalue weighted by molar-refractivity contribution is 6.24. The van der Waals surface area contributed by atoms with Gasteiger partial charge in [0, 0.05) is 21.5 Å². The predicted molar refractivity (Wildman–Crippen MR) is 179 cm³/mol. The molecule has 1 nitrogen and oxygen atoms in total. The molecule has 0 radical (unpaired) electrons. The summed E-state index contributed by atoms with van der Waals surface area (Å²) in [4.78, 5) is 0. The van der Waals surface area contributed by atoms with Crippen molar-refractivity contribution < 1.29 is 0 Å². The molecule has 1 unspecified atom stereocenters. The largest absolute Gasteiger partial charge is 0.308 e. The fourth-order valence-corrected chi connectivity index (χ4v) is 7.98. The van der Waals surface area contributed by atoms with Gasteiger partial charge < -0.3 is 4.40 Å². The molecule has 6 aromatic carbocycles. The molecule has 42 heavy (non-hydrogen) atoms. The Balaban J connectivity index is 1.37. The minimum atomic E-state index is 0.503. The zero-order chi connectivity index (χ0) is 27.9. The highest BCUT2D eigenvalue weighted by Gasteiger charge is 2.29. The van der Waals surface area contributed by atoms with Crippen molar-refractivity contribution in [2.24, 2.45) is 0 Å². The molecule has 1 aliphatic carbocycles. The molecule has 9 rings (SSSR count). The Hall–Kier alpha value is -4.88. The number of nitrogens with zero attached hydrogens (tertiary/aromatic N) is 1. The number of rotatable bonds is 3. The van der Waals surface area contributed by atoms with Gasteiger partial charge in [0.2, 0.25) is 0 Å². The number of para-hydroxylation sites is 2. The maximum absolute atomic E-state index is 2.47. The molecule has 0 aliphatic heterocycles. The van der Waals surface area contributed by atoms with Gasteiger partial charge in [-0.05, 0) is 100 Å². The third kappa shape index (κ3) is 3.14. The van der Waals surface area contributed by atoms with E-state index in [4.69, 9.17) is 0 Å². The van der Waals surface area contributed by atoms with Crippen LogP contribution in [0.1, 0.15) is 36.0 Å². The van der Waals surface area contributed by atoms with Crippen molar-refractivity contribution in [1.29, 1.82) is 0 Å². The minimum Gasteiger partial charge on any atom is -0.308 e. The zero-order valence-electron chi connectivity index (χ0n) is 24.0. The smallest absolute Gasteiger partial charge is 0.0620 e. The standard InChI is InChI=1S/C41H31N/c1-3-26-22-27-13-10-17-30(40(27)34-19-11-18-33(39(26)34)29-14-5-4-12-25(29)2)28-23-35-31-15-6-8-20-37(31)42-38-21-9-7-16-32(38)36(24-28)41(35)42/h4-21,23-24,26H,3,22H2,1-2H3. The van der Waals surface area contributed by atoms with E-state index in [2.05, 4.69) is 140 Å². The number of aromatic nitrogens is 1. The van der Waals surface area contributed by atoms with E-state index < -0.39 is 0 Å². The zero-order valence-corrected chi connectivity index (χ0v) is 24.0. The summed E-state index contributed by atoms with van der Waals surface area (Å²) < 4.78 is 2.47. The van der Waals surface area contributed by atoms with Gasteiger partial charge >= 0.3 is 0 Å². The Labute approximate surface area is 246 Å². The number of hydrogen-bond acceptors (Lipinski definition) is 0. The molecule has 0 spiro atoms. The van der Waals surface area contributed by atoms with Crippen molar-refractivity contribution in [3.8, 4) is 33.4 Å². The molecule has 0 saturated carbocycles. The maximum atomic E-state index is 2.47. The first-order chi connectivity index (χ1) is 20.7. The summed E-state index contributed by atoms with van der Waals surface area (Å²) in [6.07, 6.45) is 2.21. The van der Waals surface area contributed by atoms with Crippen molar-refractivity contribution in [1.82, 2.24) is 4.40 Å².